The Labute approximate surface area is 177 Å². The maximum absolute atomic E-state index is 11.8. The number of primary amides is 1. The second-order valence-electron chi connectivity index (χ2n) is 7.28. The highest BCUT2D eigenvalue weighted by Gasteiger charge is 2.25. The van der Waals surface area contributed by atoms with Gasteiger partial charge in [-0.05, 0) is 23.2 Å². The van der Waals surface area contributed by atoms with Crippen LogP contribution >= 0.6 is 11.5 Å². The maximum Gasteiger partial charge on any atom is 0.250 e. The summed E-state index contributed by atoms with van der Waals surface area (Å²) >= 11 is 1.29. The van der Waals surface area contributed by atoms with Crippen LogP contribution in [0.25, 0.3) is 21.6 Å². The van der Waals surface area contributed by atoms with Gasteiger partial charge in [-0.1, -0.05) is 42.5 Å². The average Bonchev–Trinajstić information content (AvgIpc) is 3.36. The molecule has 3 heterocycles. The van der Waals surface area contributed by atoms with Gasteiger partial charge in [0, 0.05) is 31.9 Å². The van der Waals surface area contributed by atoms with Gasteiger partial charge in [-0.25, -0.2) is 9.97 Å². The Morgan fingerprint density at radius 1 is 1.17 bits per heavy atom. The van der Waals surface area contributed by atoms with Crippen molar-refractivity contribution in [1.82, 2.24) is 14.3 Å². The molecule has 0 saturated heterocycles. The van der Waals surface area contributed by atoms with Gasteiger partial charge in [-0.3, -0.25) is 4.79 Å². The monoisotopic (exact) mass is 416 g/mol. The fourth-order valence-electron chi connectivity index (χ4n) is 3.79. The number of nitrogens with zero attached hydrogens (tertiary/aromatic N) is 4. The van der Waals surface area contributed by atoms with Crippen LogP contribution in [0.3, 0.4) is 0 Å². The molecule has 0 aliphatic carbocycles. The number of benzene rings is 2. The number of nitrogens with one attached hydrogen (secondary N) is 1. The summed E-state index contributed by atoms with van der Waals surface area (Å²) in [4.78, 5) is 24.5. The van der Waals surface area contributed by atoms with Gasteiger partial charge < -0.3 is 16.0 Å². The van der Waals surface area contributed by atoms with Crippen LogP contribution in [-0.4, -0.2) is 33.8 Å². The van der Waals surface area contributed by atoms with Crippen LogP contribution in [-0.2, 0) is 13.0 Å². The van der Waals surface area contributed by atoms with Crippen molar-refractivity contribution in [2.45, 2.75) is 13.0 Å². The third-order valence-electron chi connectivity index (χ3n) is 5.30. The van der Waals surface area contributed by atoms with Crippen molar-refractivity contribution in [2.24, 2.45) is 5.73 Å². The van der Waals surface area contributed by atoms with Crippen molar-refractivity contribution in [1.29, 1.82) is 0 Å². The summed E-state index contributed by atoms with van der Waals surface area (Å²) in [5, 5.41) is 4.33. The van der Waals surface area contributed by atoms with E-state index in [0.29, 0.717) is 23.4 Å². The smallest absolute Gasteiger partial charge is 0.250 e. The molecule has 0 atom stereocenters. The Balaban J connectivity index is 1.59. The molecule has 0 unspecified atom stereocenters. The first-order valence-corrected chi connectivity index (χ1v) is 10.5. The van der Waals surface area contributed by atoms with Crippen molar-refractivity contribution >= 4 is 39.8 Å². The highest BCUT2D eigenvalue weighted by molar-refractivity contribution is 7.11. The molecule has 0 radical (unpaired) electrons. The fraction of sp³-hybridized carbons (Fsp3) is 0.182. The summed E-state index contributed by atoms with van der Waals surface area (Å²) in [6, 6.07) is 15.7. The summed E-state index contributed by atoms with van der Waals surface area (Å²) in [6.07, 6.45) is 0.866. The van der Waals surface area contributed by atoms with Crippen LogP contribution < -0.4 is 16.0 Å². The van der Waals surface area contributed by atoms with Crippen molar-refractivity contribution in [3.05, 3.63) is 65.4 Å². The number of hydrogen-bond donors (Lipinski definition) is 2. The van der Waals surface area contributed by atoms with Crippen LogP contribution in [0, 0.1) is 0 Å². The molecule has 30 heavy (non-hydrogen) atoms. The van der Waals surface area contributed by atoms with E-state index < -0.39 is 5.91 Å². The van der Waals surface area contributed by atoms with Gasteiger partial charge >= 0.3 is 0 Å². The van der Waals surface area contributed by atoms with Crippen molar-refractivity contribution in [3.8, 4) is 10.7 Å². The molecular weight excluding hydrogens is 396 g/mol. The van der Waals surface area contributed by atoms with Gasteiger partial charge in [-0.2, -0.15) is 4.37 Å². The Bertz CT molecular complexity index is 1250. The van der Waals surface area contributed by atoms with Crippen LogP contribution in [0.4, 0.5) is 11.5 Å². The van der Waals surface area contributed by atoms with E-state index in [-0.39, 0.29) is 0 Å². The molecule has 2 aromatic carbocycles. The minimum Gasteiger partial charge on any atom is -0.370 e. The topological polar surface area (TPSA) is 97.0 Å². The van der Waals surface area contributed by atoms with Crippen molar-refractivity contribution in [2.75, 3.05) is 23.8 Å². The number of carbonyl (C=O) groups is 1. The Hall–Kier alpha value is -3.52. The SMILES string of the molecule is CN1CCc2nc(-c3snc4c(C(N)=O)cccc34)nc(NCc3ccccc3)c21. The molecule has 0 fully saturated rings. The summed E-state index contributed by atoms with van der Waals surface area (Å²) in [5.41, 5.74) is 9.78. The number of carbonyl (C=O) groups excluding carboxylic acids is 1. The van der Waals surface area contributed by atoms with Gasteiger partial charge in [0.05, 0.1) is 16.8 Å². The third-order valence-corrected chi connectivity index (χ3v) is 6.16. The quantitative estimate of drug-likeness (QED) is 0.517. The average molecular weight is 417 g/mol. The van der Waals surface area contributed by atoms with E-state index in [1.807, 2.05) is 30.3 Å². The number of nitrogens with two attached hydrogens (primary N) is 1. The van der Waals surface area contributed by atoms with Crippen molar-refractivity contribution in [3.63, 3.8) is 0 Å². The second-order valence-corrected chi connectivity index (χ2v) is 8.05. The molecule has 1 aliphatic heterocycles. The number of aromatic nitrogens is 3. The molecule has 150 valence electrons. The predicted octanol–water partition coefficient (Wildman–Crippen LogP) is 3.46. The van der Waals surface area contributed by atoms with E-state index in [9.17, 15) is 4.79 Å². The first-order chi connectivity index (χ1) is 14.6. The zero-order valence-electron chi connectivity index (χ0n) is 16.4. The molecule has 1 amide bonds. The lowest BCUT2D eigenvalue weighted by Crippen LogP contribution is -2.15. The van der Waals surface area contributed by atoms with Gasteiger partial charge in [0.2, 0.25) is 0 Å². The second kappa shape index (κ2) is 7.38. The van der Waals surface area contributed by atoms with E-state index in [2.05, 4.69) is 33.8 Å². The largest absolute Gasteiger partial charge is 0.370 e. The fourth-order valence-corrected chi connectivity index (χ4v) is 4.61. The van der Waals surface area contributed by atoms with Crippen LogP contribution in [0.15, 0.2) is 48.5 Å². The molecule has 8 heteroatoms. The first-order valence-electron chi connectivity index (χ1n) is 9.70. The lowest BCUT2D eigenvalue weighted by Gasteiger charge is -2.17. The van der Waals surface area contributed by atoms with Gasteiger partial charge in [0.15, 0.2) is 11.6 Å². The summed E-state index contributed by atoms with van der Waals surface area (Å²) < 4.78 is 4.48. The summed E-state index contributed by atoms with van der Waals surface area (Å²) in [5.74, 6) is 0.944. The zero-order valence-corrected chi connectivity index (χ0v) is 17.2. The number of anilines is 2. The molecule has 2 aromatic heterocycles. The van der Waals surface area contributed by atoms with Crippen LogP contribution in [0.1, 0.15) is 21.6 Å². The third kappa shape index (κ3) is 3.15. The van der Waals surface area contributed by atoms with Crippen molar-refractivity contribution < 1.29 is 4.79 Å². The van der Waals surface area contributed by atoms with Crippen LogP contribution in [0.2, 0.25) is 0 Å². The molecule has 0 bridgehead atoms. The summed E-state index contributed by atoms with van der Waals surface area (Å²) in [6.45, 7) is 1.58. The lowest BCUT2D eigenvalue weighted by atomic mass is 10.1. The molecule has 3 N–H and O–H groups in total. The van der Waals surface area contributed by atoms with Gasteiger partial charge in [0.25, 0.3) is 5.91 Å². The Morgan fingerprint density at radius 3 is 2.80 bits per heavy atom. The van der Waals surface area contributed by atoms with E-state index in [0.717, 1.165) is 40.4 Å². The van der Waals surface area contributed by atoms with Gasteiger partial charge in [-0.15, -0.1) is 0 Å². The Kier molecular flexibility index (Phi) is 4.55. The number of rotatable bonds is 5. The lowest BCUT2D eigenvalue weighted by molar-refractivity contribution is 0.100. The number of likely N-dealkylation sites (N-methyl/N-ethyl adjacent to an activating group) is 1. The van der Waals surface area contributed by atoms with E-state index in [1.165, 1.54) is 17.1 Å². The number of amides is 1. The molecule has 5 rings (SSSR count). The molecule has 7 nitrogen and oxygen atoms in total. The van der Waals surface area contributed by atoms with E-state index in [1.54, 1.807) is 6.07 Å². The zero-order chi connectivity index (χ0) is 20.7. The minimum absolute atomic E-state index is 0.415. The Morgan fingerprint density at radius 2 is 2.00 bits per heavy atom. The first kappa shape index (κ1) is 18.5. The normalized spacial score (nSPS) is 12.9. The standard InChI is InChI=1S/C22H20N6OS/c1-28-11-10-16-18(28)21(24-12-13-6-3-2-4-7-13)26-22(25-16)19-14-8-5-9-15(20(23)29)17(14)27-30-19/h2-9H,10-12H2,1H3,(H2,23,29)(H,24,25,26). The van der Waals surface area contributed by atoms with Crippen LogP contribution in [0.5, 0.6) is 0 Å². The van der Waals surface area contributed by atoms with E-state index in [4.69, 9.17) is 15.7 Å². The van der Waals surface area contributed by atoms with Gasteiger partial charge in [0.1, 0.15) is 10.6 Å². The predicted molar refractivity (Wildman–Crippen MR) is 120 cm³/mol. The highest BCUT2D eigenvalue weighted by Crippen LogP contribution is 2.38. The summed E-state index contributed by atoms with van der Waals surface area (Å²) in [7, 11) is 2.06. The number of hydrogen-bond acceptors (Lipinski definition) is 7. The molecule has 4 aromatic rings. The number of fused-ring (bicyclic) bond motifs is 2. The minimum atomic E-state index is -0.487. The molecule has 0 saturated carbocycles. The molecule has 1 aliphatic rings. The maximum atomic E-state index is 11.8. The van der Waals surface area contributed by atoms with E-state index >= 15 is 0 Å². The molecule has 0 spiro atoms. The molecular formula is C22H20N6OS. The highest BCUT2D eigenvalue weighted by atomic mass is 32.1.